The van der Waals surface area contributed by atoms with Gasteiger partial charge >= 0.3 is 5.97 Å². The molecular formula is C13H15BrN2O3. The molecule has 19 heavy (non-hydrogen) atoms. The van der Waals surface area contributed by atoms with Crippen molar-refractivity contribution in [3.8, 4) is 0 Å². The van der Waals surface area contributed by atoms with Crippen molar-refractivity contribution in [1.82, 2.24) is 4.98 Å². The van der Waals surface area contributed by atoms with Gasteiger partial charge in [0.15, 0.2) is 0 Å². The third-order valence-electron chi connectivity index (χ3n) is 3.69. The zero-order chi connectivity index (χ0) is 14.4. The Morgan fingerprint density at radius 1 is 1.37 bits per heavy atom. The maximum absolute atomic E-state index is 12.1. The number of carboxylic acids is 1. The summed E-state index contributed by atoms with van der Waals surface area (Å²) < 4.78 is 0.693. The van der Waals surface area contributed by atoms with Crippen molar-refractivity contribution in [1.29, 1.82) is 0 Å². The van der Waals surface area contributed by atoms with Crippen molar-refractivity contribution in [2.45, 2.75) is 20.8 Å². The predicted octanol–water partition coefficient (Wildman–Crippen LogP) is 2.45. The highest BCUT2D eigenvalue weighted by molar-refractivity contribution is 9.10. The average Bonchev–Trinajstić information content (AvgIpc) is 2.86. The van der Waals surface area contributed by atoms with E-state index < -0.39 is 23.2 Å². The summed E-state index contributed by atoms with van der Waals surface area (Å²) in [5.41, 5.74) is 0.806. The molecule has 1 saturated carbocycles. The van der Waals surface area contributed by atoms with E-state index in [-0.39, 0.29) is 5.91 Å². The van der Waals surface area contributed by atoms with Crippen molar-refractivity contribution in [2.75, 3.05) is 5.32 Å². The van der Waals surface area contributed by atoms with E-state index in [0.717, 1.165) is 0 Å². The summed E-state index contributed by atoms with van der Waals surface area (Å²) in [5.74, 6) is -2.29. The van der Waals surface area contributed by atoms with E-state index in [1.165, 1.54) is 0 Å². The molecule has 1 aliphatic rings. The second-order valence-electron chi connectivity index (χ2n) is 5.37. The van der Waals surface area contributed by atoms with Crippen LogP contribution in [0, 0.1) is 24.2 Å². The van der Waals surface area contributed by atoms with E-state index in [1.807, 2.05) is 0 Å². The highest BCUT2D eigenvalue weighted by Gasteiger charge is 2.65. The van der Waals surface area contributed by atoms with Crippen LogP contribution < -0.4 is 5.32 Å². The smallest absolute Gasteiger partial charge is 0.307 e. The molecule has 1 aliphatic carbocycles. The lowest BCUT2D eigenvalue weighted by Gasteiger charge is -2.08. The minimum Gasteiger partial charge on any atom is -0.481 e. The maximum Gasteiger partial charge on any atom is 0.307 e. The van der Waals surface area contributed by atoms with E-state index >= 15 is 0 Å². The summed E-state index contributed by atoms with van der Waals surface area (Å²) in [7, 11) is 0. The number of carboxylic acid groups (broad SMARTS) is 1. The van der Waals surface area contributed by atoms with Crippen LogP contribution in [0.25, 0.3) is 0 Å². The molecule has 0 radical (unpaired) electrons. The zero-order valence-electron chi connectivity index (χ0n) is 10.9. The van der Waals surface area contributed by atoms with Crippen LogP contribution in [0.3, 0.4) is 0 Å². The molecule has 2 N–H and O–H groups in total. The fourth-order valence-corrected chi connectivity index (χ4v) is 2.86. The Bertz CT molecular complexity index is 557. The Hall–Kier alpha value is -1.43. The van der Waals surface area contributed by atoms with E-state index in [2.05, 4.69) is 26.2 Å². The maximum atomic E-state index is 12.1. The number of nitrogens with one attached hydrogen (secondary N) is 1. The van der Waals surface area contributed by atoms with Gasteiger partial charge in [0.1, 0.15) is 4.60 Å². The van der Waals surface area contributed by atoms with Gasteiger partial charge in [0.2, 0.25) is 5.91 Å². The average molecular weight is 327 g/mol. The first kappa shape index (κ1) is 14.0. The molecule has 0 saturated heterocycles. The quantitative estimate of drug-likeness (QED) is 0.836. The Morgan fingerprint density at radius 3 is 2.47 bits per heavy atom. The molecule has 2 rings (SSSR count). The minimum absolute atomic E-state index is 0.260. The van der Waals surface area contributed by atoms with E-state index in [0.29, 0.717) is 16.0 Å². The fraction of sp³-hybridized carbons (Fsp3) is 0.462. The minimum atomic E-state index is -0.921. The van der Waals surface area contributed by atoms with Crippen molar-refractivity contribution in [3.05, 3.63) is 22.4 Å². The number of halogens is 1. The molecule has 2 atom stereocenters. The third-order valence-corrected chi connectivity index (χ3v) is 4.13. The van der Waals surface area contributed by atoms with Crippen LogP contribution in [0.5, 0.6) is 0 Å². The molecule has 102 valence electrons. The van der Waals surface area contributed by atoms with Gasteiger partial charge in [0.05, 0.1) is 23.2 Å². The highest BCUT2D eigenvalue weighted by atomic mass is 79.9. The lowest BCUT2D eigenvalue weighted by atomic mass is 10.1. The molecule has 1 amide bonds. The fourth-order valence-electron chi connectivity index (χ4n) is 2.46. The summed E-state index contributed by atoms with van der Waals surface area (Å²) in [6.07, 6.45) is 0. The first-order valence-corrected chi connectivity index (χ1v) is 6.71. The van der Waals surface area contributed by atoms with Crippen LogP contribution in [0.4, 0.5) is 5.69 Å². The number of carbonyl (C=O) groups excluding carboxylic acids is 1. The molecule has 0 unspecified atom stereocenters. The van der Waals surface area contributed by atoms with Crippen LogP contribution >= 0.6 is 15.9 Å². The molecule has 0 bridgehead atoms. The Morgan fingerprint density at radius 2 is 2.00 bits per heavy atom. The SMILES string of the molecule is Cc1nc(Br)ccc1NC(=O)[C@H]1[C@@H](C(=O)O)C1(C)C. The summed E-state index contributed by atoms with van der Waals surface area (Å²) >= 11 is 3.25. The Labute approximate surface area is 119 Å². The van der Waals surface area contributed by atoms with Crippen LogP contribution in [0.2, 0.25) is 0 Å². The molecule has 1 fully saturated rings. The van der Waals surface area contributed by atoms with Gasteiger partial charge in [-0.15, -0.1) is 0 Å². The molecule has 1 heterocycles. The molecule has 6 heteroatoms. The van der Waals surface area contributed by atoms with Gasteiger partial charge in [-0.1, -0.05) is 13.8 Å². The zero-order valence-corrected chi connectivity index (χ0v) is 12.5. The lowest BCUT2D eigenvalue weighted by molar-refractivity contribution is -0.140. The lowest BCUT2D eigenvalue weighted by Crippen LogP contribution is -2.18. The second-order valence-corrected chi connectivity index (χ2v) is 6.18. The Balaban J connectivity index is 2.13. The highest BCUT2D eigenvalue weighted by Crippen LogP contribution is 2.58. The number of hydrogen-bond acceptors (Lipinski definition) is 3. The molecule has 1 aromatic heterocycles. The summed E-state index contributed by atoms with van der Waals surface area (Å²) in [4.78, 5) is 27.4. The van der Waals surface area contributed by atoms with Crippen LogP contribution in [0.15, 0.2) is 16.7 Å². The van der Waals surface area contributed by atoms with Gasteiger partial charge in [-0.2, -0.15) is 0 Å². The first-order valence-electron chi connectivity index (χ1n) is 5.92. The van der Waals surface area contributed by atoms with E-state index in [1.54, 1.807) is 32.9 Å². The molecule has 0 aromatic carbocycles. The number of pyridine rings is 1. The number of aliphatic carboxylic acids is 1. The number of amides is 1. The van der Waals surface area contributed by atoms with Gasteiger partial charge < -0.3 is 10.4 Å². The molecule has 0 aliphatic heterocycles. The summed E-state index contributed by atoms with van der Waals surface area (Å²) in [6.45, 7) is 5.37. The number of carbonyl (C=O) groups is 2. The van der Waals surface area contributed by atoms with E-state index in [9.17, 15) is 9.59 Å². The van der Waals surface area contributed by atoms with Crippen LogP contribution in [-0.4, -0.2) is 22.0 Å². The monoisotopic (exact) mass is 326 g/mol. The van der Waals surface area contributed by atoms with Gasteiger partial charge in [-0.3, -0.25) is 9.59 Å². The molecule has 0 spiro atoms. The predicted molar refractivity (Wildman–Crippen MR) is 73.7 cm³/mol. The molecule has 1 aromatic rings. The van der Waals surface area contributed by atoms with Crippen molar-refractivity contribution < 1.29 is 14.7 Å². The van der Waals surface area contributed by atoms with Gasteiger partial charge in [-0.25, -0.2) is 4.98 Å². The van der Waals surface area contributed by atoms with Crippen molar-refractivity contribution in [2.24, 2.45) is 17.3 Å². The second kappa shape index (κ2) is 4.59. The number of hydrogen-bond donors (Lipinski definition) is 2. The van der Waals surface area contributed by atoms with Crippen LogP contribution in [-0.2, 0) is 9.59 Å². The number of rotatable bonds is 3. The van der Waals surface area contributed by atoms with Crippen molar-refractivity contribution >= 4 is 33.5 Å². The van der Waals surface area contributed by atoms with Gasteiger partial charge in [-0.05, 0) is 40.4 Å². The normalized spacial score (nSPS) is 23.8. The van der Waals surface area contributed by atoms with E-state index in [4.69, 9.17) is 5.11 Å². The molecule has 5 nitrogen and oxygen atoms in total. The van der Waals surface area contributed by atoms with Gasteiger partial charge in [0.25, 0.3) is 0 Å². The third kappa shape index (κ3) is 2.49. The van der Waals surface area contributed by atoms with Crippen molar-refractivity contribution in [3.63, 3.8) is 0 Å². The number of aryl methyl sites for hydroxylation is 1. The summed E-state index contributed by atoms with van der Waals surface area (Å²) in [5, 5.41) is 11.8. The number of aromatic nitrogens is 1. The number of anilines is 1. The topological polar surface area (TPSA) is 79.3 Å². The standard InChI is InChI=1S/C13H15BrN2O3/c1-6-7(4-5-8(14)15-6)16-11(17)9-10(12(18)19)13(9,2)3/h4-5,9-10H,1-3H3,(H,16,17)(H,18,19)/t9-,10+/m1/s1. The Kier molecular flexibility index (Phi) is 3.38. The molecular weight excluding hydrogens is 312 g/mol. The largest absolute Gasteiger partial charge is 0.481 e. The number of nitrogens with zero attached hydrogens (tertiary/aromatic N) is 1. The van der Waals surface area contributed by atoms with Gasteiger partial charge in [0, 0.05) is 0 Å². The summed E-state index contributed by atoms with van der Waals surface area (Å²) in [6, 6.07) is 3.48. The van der Waals surface area contributed by atoms with Crippen LogP contribution in [0.1, 0.15) is 19.5 Å². The first-order chi connectivity index (χ1) is 8.75.